The van der Waals surface area contributed by atoms with Crippen molar-refractivity contribution in [3.05, 3.63) is 34.3 Å². The van der Waals surface area contributed by atoms with Gasteiger partial charge in [-0.2, -0.15) is 0 Å². The van der Waals surface area contributed by atoms with Gasteiger partial charge < -0.3 is 10.6 Å². The van der Waals surface area contributed by atoms with E-state index in [1.54, 1.807) is 0 Å². The van der Waals surface area contributed by atoms with Gasteiger partial charge >= 0.3 is 0 Å². The summed E-state index contributed by atoms with van der Waals surface area (Å²) in [5, 5.41) is 6.91. The Morgan fingerprint density at radius 2 is 2.14 bits per heavy atom. The maximum absolute atomic E-state index is 3.57. The summed E-state index contributed by atoms with van der Waals surface area (Å²) in [6, 6.07) is 9.00. The first-order valence-electron chi connectivity index (χ1n) is 5.04. The summed E-state index contributed by atoms with van der Waals surface area (Å²) < 4.78 is 1.22. The average Bonchev–Trinajstić information content (AvgIpc) is 2.23. The number of piperazine rings is 1. The Balaban J connectivity index is 1.99. The highest BCUT2D eigenvalue weighted by Gasteiger charge is 2.13. The Morgan fingerprint density at radius 3 is 2.86 bits per heavy atom. The van der Waals surface area contributed by atoms with Gasteiger partial charge in [0.25, 0.3) is 0 Å². The quantitative estimate of drug-likeness (QED) is 0.837. The molecule has 0 bridgehead atoms. The van der Waals surface area contributed by atoms with Crippen molar-refractivity contribution < 1.29 is 0 Å². The highest BCUT2D eigenvalue weighted by atomic mass is 79.9. The molecule has 0 amide bonds. The molecule has 0 unspecified atom stereocenters. The fourth-order valence-electron chi connectivity index (χ4n) is 1.79. The molecule has 0 spiro atoms. The van der Waals surface area contributed by atoms with Crippen LogP contribution in [0.25, 0.3) is 0 Å². The standard InChI is InChI=1S/C11H15BrN2/c12-11-4-2-1-3-9(11)7-10-8-13-5-6-14-10/h1-4,10,13-14H,5-8H2/t10-/m0/s1. The second kappa shape index (κ2) is 4.91. The normalized spacial score (nSPS) is 22.2. The fraction of sp³-hybridized carbons (Fsp3) is 0.455. The predicted molar refractivity (Wildman–Crippen MR) is 62.5 cm³/mol. The maximum Gasteiger partial charge on any atom is 0.0233 e. The smallest absolute Gasteiger partial charge is 0.0233 e. The van der Waals surface area contributed by atoms with Crippen LogP contribution >= 0.6 is 15.9 Å². The minimum Gasteiger partial charge on any atom is -0.314 e. The molecular weight excluding hydrogens is 240 g/mol. The van der Waals surface area contributed by atoms with Crippen molar-refractivity contribution in [1.29, 1.82) is 0 Å². The predicted octanol–water partition coefficient (Wildman–Crippen LogP) is 1.55. The lowest BCUT2D eigenvalue weighted by molar-refractivity contribution is 0.416. The highest BCUT2D eigenvalue weighted by molar-refractivity contribution is 9.10. The summed E-state index contributed by atoms with van der Waals surface area (Å²) in [7, 11) is 0. The van der Waals surface area contributed by atoms with Crippen LogP contribution in [-0.4, -0.2) is 25.7 Å². The second-order valence-electron chi connectivity index (χ2n) is 3.65. The zero-order valence-electron chi connectivity index (χ0n) is 8.09. The number of benzene rings is 1. The van der Waals surface area contributed by atoms with E-state index in [4.69, 9.17) is 0 Å². The topological polar surface area (TPSA) is 24.1 Å². The molecule has 0 aromatic heterocycles. The molecule has 2 rings (SSSR count). The zero-order chi connectivity index (χ0) is 9.80. The third kappa shape index (κ3) is 2.56. The molecule has 1 aromatic carbocycles. The third-order valence-electron chi connectivity index (χ3n) is 2.55. The molecule has 1 fully saturated rings. The molecular formula is C11H15BrN2. The van der Waals surface area contributed by atoms with Crippen molar-refractivity contribution in [2.45, 2.75) is 12.5 Å². The minimum absolute atomic E-state index is 0.572. The van der Waals surface area contributed by atoms with Crippen molar-refractivity contribution in [2.24, 2.45) is 0 Å². The van der Waals surface area contributed by atoms with Gasteiger partial charge in [-0.15, -0.1) is 0 Å². The van der Waals surface area contributed by atoms with Gasteiger partial charge in [-0.3, -0.25) is 0 Å². The lowest BCUT2D eigenvalue weighted by Crippen LogP contribution is -2.49. The lowest BCUT2D eigenvalue weighted by Gasteiger charge is -2.24. The first-order chi connectivity index (χ1) is 6.86. The minimum atomic E-state index is 0.572. The van der Waals surface area contributed by atoms with Gasteiger partial charge in [-0.1, -0.05) is 34.1 Å². The van der Waals surface area contributed by atoms with Crippen molar-refractivity contribution in [3.8, 4) is 0 Å². The molecule has 0 saturated carbocycles. The van der Waals surface area contributed by atoms with Crippen molar-refractivity contribution in [3.63, 3.8) is 0 Å². The van der Waals surface area contributed by atoms with Gasteiger partial charge in [-0.05, 0) is 18.1 Å². The molecule has 76 valence electrons. The molecule has 3 heteroatoms. The van der Waals surface area contributed by atoms with Crippen molar-refractivity contribution in [2.75, 3.05) is 19.6 Å². The Hall–Kier alpha value is -0.380. The first kappa shape index (κ1) is 10.1. The Bertz CT molecular complexity index is 295. The van der Waals surface area contributed by atoms with E-state index in [9.17, 15) is 0 Å². The average molecular weight is 255 g/mol. The summed E-state index contributed by atoms with van der Waals surface area (Å²) >= 11 is 3.57. The van der Waals surface area contributed by atoms with Crippen LogP contribution in [-0.2, 0) is 6.42 Å². The van der Waals surface area contributed by atoms with E-state index in [1.165, 1.54) is 10.0 Å². The van der Waals surface area contributed by atoms with E-state index in [0.29, 0.717) is 6.04 Å². The first-order valence-corrected chi connectivity index (χ1v) is 5.83. The SMILES string of the molecule is Brc1ccccc1C[C@H]1CNCCN1. The van der Waals surface area contributed by atoms with E-state index in [-0.39, 0.29) is 0 Å². The van der Waals surface area contributed by atoms with Crippen LogP contribution in [0.1, 0.15) is 5.56 Å². The summed E-state index contributed by atoms with van der Waals surface area (Å²) in [5.41, 5.74) is 1.38. The molecule has 2 N–H and O–H groups in total. The molecule has 1 heterocycles. The molecule has 0 radical (unpaired) electrons. The summed E-state index contributed by atoms with van der Waals surface area (Å²) in [6.45, 7) is 3.24. The molecule has 1 atom stereocenters. The Kier molecular flexibility index (Phi) is 3.56. The van der Waals surface area contributed by atoms with Gasteiger partial charge in [-0.25, -0.2) is 0 Å². The van der Waals surface area contributed by atoms with Crippen molar-refractivity contribution in [1.82, 2.24) is 10.6 Å². The fourth-order valence-corrected chi connectivity index (χ4v) is 2.23. The van der Waals surface area contributed by atoms with Crippen LogP contribution in [0, 0.1) is 0 Å². The van der Waals surface area contributed by atoms with Crippen LogP contribution < -0.4 is 10.6 Å². The lowest BCUT2D eigenvalue weighted by atomic mass is 10.1. The summed E-state index contributed by atoms with van der Waals surface area (Å²) in [6.07, 6.45) is 1.09. The summed E-state index contributed by atoms with van der Waals surface area (Å²) in [5.74, 6) is 0. The van der Waals surface area contributed by atoms with Crippen LogP contribution in [0.2, 0.25) is 0 Å². The third-order valence-corrected chi connectivity index (χ3v) is 3.32. The van der Waals surface area contributed by atoms with Gasteiger partial charge in [0.1, 0.15) is 0 Å². The number of nitrogens with one attached hydrogen (secondary N) is 2. The maximum atomic E-state index is 3.57. The zero-order valence-corrected chi connectivity index (χ0v) is 9.68. The van der Waals surface area contributed by atoms with E-state index >= 15 is 0 Å². The number of halogens is 1. The van der Waals surface area contributed by atoms with Crippen LogP contribution in [0.5, 0.6) is 0 Å². The van der Waals surface area contributed by atoms with Gasteiger partial charge in [0.15, 0.2) is 0 Å². The molecule has 0 aliphatic carbocycles. The summed E-state index contributed by atoms with van der Waals surface area (Å²) in [4.78, 5) is 0. The number of rotatable bonds is 2. The van der Waals surface area contributed by atoms with E-state index in [1.807, 2.05) is 0 Å². The molecule has 1 aliphatic rings. The molecule has 1 aliphatic heterocycles. The number of hydrogen-bond donors (Lipinski definition) is 2. The van der Waals surface area contributed by atoms with Crippen LogP contribution in [0.4, 0.5) is 0 Å². The monoisotopic (exact) mass is 254 g/mol. The van der Waals surface area contributed by atoms with Crippen molar-refractivity contribution >= 4 is 15.9 Å². The van der Waals surface area contributed by atoms with Crippen LogP contribution in [0.15, 0.2) is 28.7 Å². The molecule has 1 aromatic rings. The number of hydrogen-bond acceptors (Lipinski definition) is 2. The molecule has 14 heavy (non-hydrogen) atoms. The van der Waals surface area contributed by atoms with Gasteiger partial charge in [0, 0.05) is 30.1 Å². The Morgan fingerprint density at radius 1 is 1.29 bits per heavy atom. The second-order valence-corrected chi connectivity index (χ2v) is 4.51. The van der Waals surface area contributed by atoms with E-state index in [0.717, 1.165) is 26.1 Å². The Labute approximate surface area is 93.2 Å². The van der Waals surface area contributed by atoms with Gasteiger partial charge in [0.2, 0.25) is 0 Å². The highest BCUT2D eigenvalue weighted by Crippen LogP contribution is 2.17. The van der Waals surface area contributed by atoms with E-state index < -0.39 is 0 Å². The molecule has 1 saturated heterocycles. The van der Waals surface area contributed by atoms with E-state index in [2.05, 4.69) is 50.8 Å². The largest absolute Gasteiger partial charge is 0.314 e. The molecule has 2 nitrogen and oxygen atoms in total. The van der Waals surface area contributed by atoms with Crippen LogP contribution in [0.3, 0.4) is 0 Å². The van der Waals surface area contributed by atoms with Gasteiger partial charge in [0.05, 0.1) is 0 Å².